The average molecular weight is 319 g/mol. The molecular formula is C12H19BrN2OS. The molecule has 1 aromatic heterocycles. The Morgan fingerprint density at radius 3 is 2.94 bits per heavy atom. The van der Waals surface area contributed by atoms with E-state index in [4.69, 9.17) is 5.73 Å². The van der Waals surface area contributed by atoms with Crippen molar-refractivity contribution < 1.29 is 5.11 Å². The van der Waals surface area contributed by atoms with Crippen LogP contribution in [0.1, 0.15) is 24.3 Å². The van der Waals surface area contributed by atoms with Gasteiger partial charge in [-0.1, -0.05) is 6.92 Å². The average Bonchev–Trinajstić information content (AvgIpc) is 2.71. The maximum atomic E-state index is 9.96. The van der Waals surface area contributed by atoms with Crippen LogP contribution < -0.4 is 5.73 Å². The van der Waals surface area contributed by atoms with E-state index in [2.05, 4.69) is 39.9 Å². The molecule has 17 heavy (non-hydrogen) atoms. The van der Waals surface area contributed by atoms with Gasteiger partial charge in [-0.05, 0) is 46.9 Å². The molecule has 3 nitrogen and oxygen atoms in total. The Morgan fingerprint density at radius 1 is 1.65 bits per heavy atom. The fourth-order valence-electron chi connectivity index (χ4n) is 2.31. The van der Waals surface area contributed by atoms with E-state index in [0.29, 0.717) is 12.5 Å². The number of halogens is 1. The number of hydrogen-bond donors (Lipinski definition) is 2. The summed E-state index contributed by atoms with van der Waals surface area (Å²) in [5.74, 6) is 0.403. The predicted molar refractivity (Wildman–Crippen MR) is 75.2 cm³/mol. The highest BCUT2D eigenvalue weighted by Crippen LogP contribution is 2.32. The second kappa shape index (κ2) is 5.80. The molecule has 0 saturated carbocycles. The minimum absolute atomic E-state index is 0.221. The lowest BCUT2D eigenvalue weighted by molar-refractivity contribution is 0.0117. The third-order valence-electron chi connectivity index (χ3n) is 3.54. The zero-order chi connectivity index (χ0) is 12.4. The molecule has 0 aromatic carbocycles. The van der Waals surface area contributed by atoms with E-state index >= 15 is 0 Å². The first-order valence-corrected chi connectivity index (χ1v) is 7.60. The van der Waals surface area contributed by atoms with Gasteiger partial charge >= 0.3 is 0 Å². The second-order valence-electron chi connectivity index (χ2n) is 4.72. The van der Waals surface area contributed by atoms with Gasteiger partial charge in [-0.2, -0.15) is 0 Å². The van der Waals surface area contributed by atoms with Crippen LogP contribution in [0.15, 0.2) is 15.9 Å². The van der Waals surface area contributed by atoms with E-state index in [1.54, 1.807) is 11.3 Å². The highest BCUT2D eigenvalue weighted by atomic mass is 79.9. The molecule has 1 saturated heterocycles. The molecule has 5 heteroatoms. The van der Waals surface area contributed by atoms with Gasteiger partial charge in [0.25, 0.3) is 0 Å². The normalized spacial score (nSPS) is 28.2. The lowest BCUT2D eigenvalue weighted by atomic mass is 9.94. The van der Waals surface area contributed by atoms with Crippen molar-refractivity contribution >= 4 is 27.3 Å². The summed E-state index contributed by atoms with van der Waals surface area (Å²) in [7, 11) is 0. The van der Waals surface area contributed by atoms with Crippen LogP contribution in [0.3, 0.4) is 0 Å². The van der Waals surface area contributed by atoms with Crippen LogP contribution >= 0.6 is 27.3 Å². The van der Waals surface area contributed by atoms with Crippen molar-refractivity contribution in [1.29, 1.82) is 0 Å². The first kappa shape index (κ1) is 13.5. The van der Waals surface area contributed by atoms with Crippen molar-refractivity contribution in [3.05, 3.63) is 20.8 Å². The number of hydrogen-bond acceptors (Lipinski definition) is 4. The minimum Gasteiger partial charge on any atom is -0.392 e. The molecule has 3 unspecified atom stereocenters. The quantitative estimate of drug-likeness (QED) is 0.898. The van der Waals surface area contributed by atoms with Crippen molar-refractivity contribution in [2.24, 2.45) is 11.7 Å². The molecule has 0 aliphatic carbocycles. The molecule has 0 amide bonds. The molecule has 0 radical (unpaired) electrons. The monoisotopic (exact) mass is 318 g/mol. The van der Waals surface area contributed by atoms with Crippen LogP contribution in [0.2, 0.25) is 0 Å². The molecule has 96 valence electrons. The summed E-state index contributed by atoms with van der Waals surface area (Å²) in [5, 5.41) is 9.96. The molecule has 1 aliphatic rings. The SMILES string of the molecule is CC1CCN(C(CN)c2ccc(Br)s2)CC1O. The Labute approximate surface area is 115 Å². The van der Waals surface area contributed by atoms with Crippen molar-refractivity contribution in [1.82, 2.24) is 4.90 Å². The highest BCUT2D eigenvalue weighted by Gasteiger charge is 2.29. The Bertz CT molecular complexity index is 371. The van der Waals surface area contributed by atoms with Crippen molar-refractivity contribution in [3.8, 4) is 0 Å². The van der Waals surface area contributed by atoms with Gasteiger partial charge in [-0.3, -0.25) is 4.90 Å². The van der Waals surface area contributed by atoms with E-state index in [1.165, 1.54) is 4.88 Å². The molecular weight excluding hydrogens is 300 g/mol. The number of piperidine rings is 1. The Hall–Kier alpha value is 0.0600. The van der Waals surface area contributed by atoms with E-state index < -0.39 is 0 Å². The van der Waals surface area contributed by atoms with Crippen LogP contribution in [0, 0.1) is 5.92 Å². The van der Waals surface area contributed by atoms with Gasteiger partial charge in [0.1, 0.15) is 0 Å². The Balaban J connectivity index is 2.08. The number of aliphatic hydroxyl groups excluding tert-OH is 1. The number of β-amino-alcohol motifs (C(OH)–C–C–N with tert-alkyl or cyclic N) is 1. The minimum atomic E-state index is -0.221. The van der Waals surface area contributed by atoms with E-state index in [-0.39, 0.29) is 12.1 Å². The Kier molecular flexibility index (Phi) is 4.60. The zero-order valence-corrected chi connectivity index (χ0v) is 12.4. The van der Waals surface area contributed by atoms with Crippen molar-refractivity contribution in [3.63, 3.8) is 0 Å². The second-order valence-corrected chi connectivity index (χ2v) is 7.22. The smallest absolute Gasteiger partial charge is 0.0702 e. The fraction of sp³-hybridized carbons (Fsp3) is 0.667. The summed E-state index contributed by atoms with van der Waals surface area (Å²) in [5.41, 5.74) is 5.89. The number of nitrogens with zero attached hydrogens (tertiary/aromatic N) is 1. The van der Waals surface area contributed by atoms with E-state index in [0.717, 1.165) is 23.3 Å². The number of likely N-dealkylation sites (tertiary alicyclic amines) is 1. The molecule has 3 atom stereocenters. The van der Waals surface area contributed by atoms with E-state index in [1.807, 2.05) is 0 Å². The maximum absolute atomic E-state index is 9.96. The van der Waals surface area contributed by atoms with Gasteiger partial charge in [-0.15, -0.1) is 11.3 Å². The number of thiophene rings is 1. The molecule has 2 heterocycles. The lowest BCUT2D eigenvalue weighted by Crippen LogP contribution is -2.46. The van der Waals surface area contributed by atoms with Crippen molar-refractivity contribution in [2.45, 2.75) is 25.5 Å². The zero-order valence-electron chi connectivity index (χ0n) is 9.97. The molecule has 0 spiro atoms. The summed E-state index contributed by atoms with van der Waals surface area (Å²) >= 11 is 5.21. The summed E-state index contributed by atoms with van der Waals surface area (Å²) in [6.07, 6.45) is 0.825. The van der Waals surface area contributed by atoms with Gasteiger partial charge in [0, 0.05) is 18.0 Å². The van der Waals surface area contributed by atoms with Gasteiger partial charge in [-0.25, -0.2) is 0 Å². The molecule has 1 aromatic rings. The summed E-state index contributed by atoms with van der Waals surface area (Å²) < 4.78 is 1.14. The number of rotatable bonds is 3. The molecule has 0 bridgehead atoms. The fourth-order valence-corrected chi connectivity index (χ4v) is 3.88. The molecule has 1 fully saturated rings. The van der Waals surface area contributed by atoms with Crippen LogP contribution in [-0.4, -0.2) is 35.7 Å². The van der Waals surface area contributed by atoms with Crippen molar-refractivity contribution in [2.75, 3.05) is 19.6 Å². The molecule has 2 rings (SSSR count). The lowest BCUT2D eigenvalue weighted by Gasteiger charge is -2.38. The molecule has 3 N–H and O–H groups in total. The Morgan fingerprint density at radius 2 is 2.41 bits per heavy atom. The summed E-state index contributed by atoms with van der Waals surface area (Å²) in [4.78, 5) is 3.59. The van der Waals surface area contributed by atoms with Gasteiger partial charge in [0.15, 0.2) is 0 Å². The third kappa shape index (κ3) is 3.09. The number of nitrogens with two attached hydrogens (primary N) is 1. The van der Waals surface area contributed by atoms with Gasteiger partial charge in [0.05, 0.1) is 15.9 Å². The first-order valence-electron chi connectivity index (χ1n) is 5.99. The largest absolute Gasteiger partial charge is 0.392 e. The standard InChI is InChI=1S/C12H19BrN2OS/c1-8-4-5-15(7-10(8)16)9(6-14)11-2-3-12(13)17-11/h2-3,8-10,16H,4-7,14H2,1H3. The number of aliphatic hydroxyl groups is 1. The first-order chi connectivity index (χ1) is 8.11. The van der Waals surface area contributed by atoms with Crippen LogP contribution in [0.25, 0.3) is 0 Å². The van der Waals surface area contributed by atoms with Gasteiger partial charge in [0.2, 0.25) is 0 Å². The molecule has 1 aliphatic heterocycles. The predicted octanol–water partition coefficient (Wildman–Crippen LogP) is 2.21. The highest BCUT2D eigenvalue weighted by molar-refractivity contribution is 9.11. The van der Waals surface area contributed by atoms with Gasteiger partial charge < -0.3 is 10.8 Å². The maximum Gasteiger partial charge on any atom is 0.0702 e. The van der Waals surface area contributed by atoms with Crippen LogP contribution in [-0.2, 0) is 0 Å². The van der Waals surface area contributed by atoms with Crippen LogP contribution in [0.5, 0.6) is 0 Å². The third-order valence-corrected chi connectivity index (χ3v) is 5.26. The summed E-state index contributed by atoms with van der Waals surface area (Å²) in [6.45, 7) is 4.48. The topological polar surface area (TPSA) is 49.5 Å². The van der Waals surface area contributed by atoms with E-state index in [9.17, 15) is 5.11 Å². The van der Waals surface area contributed by atoms with Crippen LogP contribution in [0.4, 0.5) is 0 Å². The summed E-state index contributed by atoms with van der Waals surface area (Å²) in [6, 6.07) is 4.43.